The lowest BCUT2D eigenvalue weighted by Crippen LogP contribution is -2.11. The maximum absolute atomic E-state index is 6.26. The highest BCUT2D eigenvalue weighted by Gasteiger charge is 2.24. The molecule has 2 heterocycles. The minimum absolute atomic E-state index is 0.888. The van der Waals surface area contributed by atoms with Gasteiger partial charge < -0.3 is 13.9 Å². The summed E-state index contributed by atoms with van der Waals surface area (Å²) >= 11 is 0. The fourth-order valence-corrected chi connectivity index (χ4v) is 8.62. The number of aromatic nitrogens is 1. The lowest BCUT2D eigenvalue weighted by atomic mass is 9.98. The van der Waals surface area contributed by atoms with Gasteiger partial charge in [0.05, 0.1) is 28.1 Å². The second kappa shape index (κ2) is 13.6. The molecule has 0 aliphatic rings. The largest absolute Gasteiger partial charge is 0.456 e. The van der Waals surface area contributed by atoms with Gasteiger partial charge in [-0.25, -0.2) is 0 Å². The van der Waals surface area contributed by atoms with Crippen LogP contribution < -0.4 is 4.90 Å². The fourth-order valence-electron chi connectivity index (χ4n) is 8.62. The van der Waals surface area contributed by atoms with Gasteiger partial charge in [0, 0.05) is 38.4 Å². The van der Waals surface area contributed by atoms with E-state index in [-0.39, 0.29) is 0 Å². The Morgan fingerprint density at radius 3 is 1.75 bits per heavy atom. The molecule has 57 heavy (non-hydrogen) atoms. The van der Waals surface area contributed by atoms with Crippen LogP contribution in [0.3, 0.4) is 0 Å². The zero-order valence-corrected chi connectivity index (χ0v) is 31.1. The van der Waals surface area contributed by atoms with Gasteiger partial charge in [-0.3, -0.25) is 0 Å². The minimum atomic E-state index is 0.888. The molecule has 268 valence electrons. The Labute approximate surface area is 330 Å². The maximum atomic E-state index is 6.26. The molecule has 0 saturated heterocycles. The van der Waals surface area contributed by atoms with Crippen molar-refractivity contribution in [1.82, 2.24) is 4.57 Å². The van der Waals surface area contributed by atoms with Crippen LogP contribution in [0.25, 0.3) is 82.8 Å². The fraction of sp³-hybridized carbons (Fsp3) is 0. The van der Waals surface area contributed by atoms with Crippen LogP contribution in [-0.2, 0) is 0 Å². The molecular formula is C54H36N2O. The SMILES string of the molecule is c1ccc(-c2ccc(N(c3ccccc3-c3ccc4oc5ccccc5c4c3)c3cccc4c3c3ccccc3n4-c3ccccc3-c3ccccc3)cc2)cc1. The van der Waals surface area contributed by atoms with E-state index in [1.54, 1.807) is 0 Å². The number of para-hydroxylation sites is 4. The number of rotatable bonds is 7. The summed E-state index contributed by atoms with van der Waals surface area (Å²) in [5.41, 5.74) is 15.5. The number of hydrogen-bond acceptors (Lipinski definition) is 2. The van der Waals surface area contributed by atoms with Crippen molar-refractivity contribution in [3.8, 4) is 39.1 Å². The summed E-state index contributed by atoms with van der Waals surface area (Å²) in [6.45, 7) is 0. The lowest BCUT2D eigenvalue weighted by molar-refractivity contribution is 0.669. The Morgan fingerprint density at radius 2 is 0.930 bits per heavy atom. The molecule has 0 unspecified atom stereocenters. The molecule has 0 N–H and O–H groups in total. The van der Waals surface area contributed by atoms with Gasteiger partial charge in [-0.05, 0) is 82.9 Å². The number of benzene rings is 9. The normalized spacial score (nSPS) is 11.5. The predicted octanol–water partition coefficient (Wildman–Crippen LogP) is 15.2. The van der Waals surface area contributed by atoms with E-state index >= 15 is 0 Å². The first-order valence-electron chi connectivity index (χ1n) is 19.4. The van der Waals surface area contributed by atoms with Gasteiger partial charge in [0.2, 0.25) is 0 Å². The number of anilines is 3. The van der Waals surface area contributed by atoms with Gasteiger partial charge >= 0.3 is 0 Å². The van der Waals surface area contributed by atoms with Crippen molar-refractivity contribution in [3.05, 3.63) is 218 Å². The third-order valence-electron chi connectivity index (χ3n) is 11.2. The summed E-state index contributed by atoms with van der Waals surface area (Å²) < 4.78 is 8.70. The van der Waals surface area contributed by atoms with Gasteiger partial charge in [-0.15, -0.1) is 0 Å². The summed E-state index contributed by atoms with van der Waals surface area (Å²) in [7, 11) is 0. The van der Waals surface area contributed by atoms with Gasteiger partial charge in [0.25, 0.3) is 0 Å². The highest BCUT2D eigenvalue weighted by atomic mass is 16.3. The van der Waals surface area contributed by atoms with Crippen LogP contribution in [0.4, 0.5) is 17.1 Å². The third-order valence-corrected chi connectivity index (χ3v) is 11.2. The van der Waals surface area contributed by atoms with Gasteiger partial charge in [0.15, 0.2) is 0 Å². The number of fused-ring (bicyclic) bond motifs is 6. The minimum Gasteiger partial charge on any atom is -0.456 e. The van der Waals surface area contributed by atoms with Crippen molar-refractivity contribution in [2.75, 3.05) is 4.90 Å². The molecule has 0 aliphatic heterocycles. The van der Waals surface area contributed by atoms with E-state index in [2.05, 4.69) is 216 Å². The highest BCUT2D eigenvalue weighted by Crippen LogP contribution is 2.47. The zero-order valence-electron chi connectivity index (χ0n) is 31.1. The van der Waals surface area contributed by atoms with Crippen LogP contribution in [0.5, 0.6) is 0 Å². The molecular weight excluding hydrogens is 693 g/mol. The average molecular weight is 729 g/mol. The van der Waals surface area contributed by atoms with Crippen LogP contribution in [0, 0.1) is 0 Å². The Morgan fingerprint density at radius 1 is 0.351 bits per heavy atom. The molecule has 2 aromatic heterocycles. The molecule has 11 aromatic rings. The molecule has 0 amide bonds. The number of nitrogens with zero attached hydrogens (tertiary/aromatic N) is 2. The second-order valence-corrected chi connectivity index (χ2v) is 14.5. The van der Waals surface area contributed by atoms with Crippen LogP contribution in [0.15, 0.2) is 223 Å². The van der Waals surface area contributed by atoms with Gasteiger partial charge in [-0.2, -0.15) is 0 Å². The van der Waals surface area contributed by atoms with Gasteiger partial charge in [-0.1, -0.05) is 158 Å². The van der Waals surface area contributed by atoms with Crippen molar-refractivity contribution in [2.45, 2.75) is 0 Å². The lowest BCUT2D eigenvalue weighted by Gasteiger charge is -2.29. The van der Waals surface area contributed by atoms with E-state index in [1.165, 1.54) is 33.0 Å². The van der Waals surface area contributed by atoms with E-state index in [0.717, 1.165) is 66.8 Å². The maximum Gasteiger partial charge on any atom is 0.135 e. The molecule has 0 radical (unpaired) electrons. The molecule has 0 saturated carbocycles. The van der Waals surface area contributed by atoms with Crippen molar-refractivity contribution < 1.29 is 4.42 Å². The Balaban J connectivity index is 1.18. The quantitative estimate of drug-likeness (QED) is 0.163. The third kappa shape index (κ3) is 5.51. The van der Waals surface area contributed by atoms with E-state index in [0.29, 0.717) is 0 Å². The summed E-state index contributed by atoms with van der Waals surface area (Å²) in [6.07, 6.45) is 0. The van der Waals surface area contributed by atoms with E-state index < -0.39 is 0 Å². The summed E-state index contributed by atoms with van der Waals surface area (Å²) in [4.78, 5) is 2.45. The molecule has 0 fully saturated rings. The number of furan rings is 1. The van der Waals surface area contributed by atoms with Crippen LogP contribution >= 0.6 is 0 Å². The first-order valence-corrected chi connectivity index (χ1v) is 19.4. The molecule has 0 spiro atoms. The predicted molar refractivity (Wildman–Crippen MR) is 239 cm³/mol. The molecule has 0 atom stereocenters. The topological polar surface area (TPSA) is 21.3 Å². The Hall–Kier alpha value is -7.62. The van der Waals surface area contributed by atoms with Crippen molar-refractivity contribution in [2.24, 2.45) is 0 Å². The molecule has 3 heteroatoms. The molecule has 0 aliphatic carbocycles. The standard InChI is InChI=1S/C54H36N2O/c1-3-16-37(17-4-1)38-30-33-41(34-31-38)55(47-24-11-8-21-43(47)40-32-35-53-46(36-40)44-22-10-14-29-52(44)57-53)50-27-15-28-51-54(50)45-23-9-13-26-49(45)56(51)48-25-12-7-20-42(48)39-18-5-2-6-19-39/h1-36H. The molecule has 0 bridgehead atoms. The van der Waals surface area contributed by atoms with Crippen molar-refractivity contribution in [1.29, 1.82) is 0 Å². The van der Waals surface area contributed by atoms with E-state index in [1.807, 2.05) is 12.1 Å². The number of hydrogen-bond donors (Lipinski definition) is 0. The first-order chi connectivity index (χ1) is 28.3. The summed E-state index contributed by atoms with van der Waals surface area (Å²) in [5, 5.41) is 4.61. The Bertz CT molecular complexity index is 3230. The van der Waals surface area contributed by atoms with Crippen LogP contribution in [0.2, 0.25) is 0 Å². The molecule has 9 aromatic carbocycles. The first kappa shape index (κ1) is 32.8. The molecule has 3 nitrogen and oxygen atoms in total. The van der Waals surface area contributed by atoms with E-state index in [4.69, 9.17) is 4.42 Å². The second-order valence-electron chi connectivity index (χ2n) is 14.5. The van der Waals surface area contributed by atoms with Crippen LogP contribution in [-0.4, -0.2) is 4.57 Å². The smallest absolute Gasteiger partial charge is 0.135 e. The monoisotopic (exact) mass is 728 g/mol. The summed E-state index contributed by atoms with van der Waals surface area (Å²) in [6, 6.07) is 78.2. The zero-order chi connectivity index (χ0) is 37.7. The average Bonchev–Trinajstić information content (AvgIpc) is 3.83. The Kier molecular flexibility index (Phi) is 7.82. The highest BCUT2D eigenvalue weighted by molar-refractivity contribution is 6.17. The van der Waals surface area contributed by atoms with Gasteiger partial charge in [0.1, 0.15) is 11.2 Å². The summed E-state index contributed by atoms with van der Waals surface area (Å²) in [5.74, 6) is 0. The van der Waals surface area contributed by atoms with Crippen LogP contribution in [0.1, 0.15) is 0 Å². The van der Waals surface area contributed by atoms with Crippen molar-refractivity contribution >= 4 is 60.8 Å². The molecule has 11 rings (SSSR count). The van der Waals surface area contributed by atoms with E-state index in [9.17, 15) is 0 Å². The van der Waals surface area contributed by atoms with Crippen molar-refractivity contribution in [3.63, 3.8) is 0 Å².